The minimum Gasteiger partial charge on any atom is -0.380 e. The van der Waals surface area contributed by atoms with E-state index >= 15 is 0 Å². The second kappa shape index (κ2) is 12.2. The van der Waals surface area contributed by atoms with Crippen LogP contribution in [0.3, 0.4) is 0 Å². The summed E-state index contributed by atoms with van der Waals surface area (Å²) < 4.78 is 12.3. The molecule has 0 bridgehead atoms. The van der Waals surface area contributed by atoms with Crippen molar-refractivity contribution < 1.29 is 14.0 Å². The number of rotatable bonds is 9. The maximum atomic E-state index is 13.0. The summed E-state index contributed by atoms with van der Waals surface area (Å²) in [5.41, 5.74) is 3.90. The first kappa shape index (κ1) is 26.7. The highest BCUT2D eigenvalue weighted by molar-refractivity contribution is 6.35. The Morgan fingerprint density at radius 3 is 2.61 bits per heavy atom. The molecule has 0 aliphatic heterocycles. The first-order chi connectivity index (χ1) is 17.3. The van der Waals surface area contributed by atoms with Crippen LogP contribution in [0.25, 0.3) is 11.1 Å². The molecule has 0 atom stereocenters. The van der Waals surface area contributed by atoms with Crippen molar-refractivity contribution in [2.75, 3.05) is 30.4 Å². The molecule has 2 aromatic heterocycles. The van der Waals surface area contributed by atoms with Crippen LogP contribution >= 0.6 is 23.2 Å². The first-order valence-corrected chi connectivity index (χ1v) is 11.5. The van der Waals surface area contributed by atoms with Crippen molar-refractivity contribution in [3.05, 3.63) is 81.9 Å². The number of nitrogens with one attached hydrogen (secondary N) is 3. The predicted molar refractivity (Wildman–Crippen MR) is 142 cm³/mol. The summed E-state index contributed by atoms with van der Waals surface area (Å²) in [5.74, 6) is 1.52. The second-order valence-electron chi connectivity index (χ2n) is 7.52. The lowest BCUT2D eigenvalue weighted by atomic mass is 9.94. The van der Waals surface area contributed by atoms with Gasteiger partial charge in [0.25, 0.3) is 11.8 Å². The van der Waals surface area contributed by atoms with Crippen molar-refractivity contribution in [3.63, 3.8) is 0 Å². The van der Waals surface area contributed by atoms with Gasteiger partial charge in [-0.05, 0) is 36.2 Å². The van der Waals surface area contributed by atoms with E-state index in [2.05, 4.69) is 38.4 Å². The van der Waals surface area contributed by atoms with Gasteiger partial charge in [0.15, 0.2) is 0 Å². The molecule has 3 rings (SSSR count). The van der Waals surface area contributed by atoms with Gasteiger partial charge in [-0.25, -0.2) is 9.37 Å². The van der Waals surface area contributed by atoms with Gasteiger partial charge in [0, 0.05) is 24.8 Å². The summed E-state index contributed by atoms with van der Waals surface area (Å²) in [6.45, 7) is 5.18. The zero-order chi connectivity index (χ0) is 26.2. The molecule has 10 heteroatoms. The Kier molecular flexibility index (Phi) is 9.01. The lowest BCUT2D eigenvalue weighted by Gasteiger charge is -2.17. The Labute approximate surface area is 218 Å². The van der Waals surface area contributed by atoms with E-state index in [0.717, 1.165) is 16.7 Å². The number of pyridine rings is 2. The number of terminal acetylenes is 1. The zero-order valence-electron chi connectivity index (χ0n) is 19.3. The van der Waals surface area contributed by atoms with Crippen LogP contribution in [-0.2, 0) is 0 Å². The van der Waals surface area contributed by atoms with Gasteiger partial charge in [0.2, 0.25) is 0 Å². The van der Waals surface area contributed by atoms with E-state index in [9.17, 15) is 14.0 Å². The molecule has 7 nitrogen and oxygen atoms in total. The molecule has 0 radical (unpaired) electrons. The highest BCUT2D eigenvalue weighted by Gasteiger charge is 2.19. The minimum absolute atomic E-state index is 0.000776. The van der Waals surface area contributed by atoms with Gasteiger partial charge in [-0.3, -0.25) is 14.6 Å². The molecular weight excluding hydrogens is 504 g/mol. The summed E-state index contributed by atoms with van der Waals surface area (Å²) in [6.07, 6.45) is 11.9. The monoisotopic (exact) mass is 525 g/mol. The van der Waals surface area contributed by atoms with Crippen LogP contribution in [0.4, 0.5) is 15.8 Å². The summed E-state index contributed by atoms with van der Waals surface area (Å²) in [4.78, 5) is 33.1. The first-order valence-electron chi connectivity index (χ1n) is 10.7. The minimum atomic E-state index is -0.714. The fourth-order valence-electron chi connectivity index (χ4n) is 3.42. The standard InChI is InChI=1S/C26H22Cl2FN5O2/c1-4-7-31-22-14-30-12-16(5-2)23(22)18-11-20(27)19(9-15(18)3)25(35)34-17-10-21(28)24(33-13-17)26(36)32-8-6-29/h2,4,9-14,31H,1,6-8H2,3H3,(H,32,36)(H,34,35). The molecule has 0 aliphatic carbocycles. The van der Waals surface area contributed by atoms with E-state index in [0.29, 0.717) is 17.8 Å². The average molecular weight is 526 g/mol. The quantitative estimate of drug-likeness (QED) is 0.260. The van der Waals surface area contributed by atoms with Gasteiger partial charge in [-0.2, -0.15) is 0 Å². The molecular formula is C26H22Cl2FN5O2. The van der Waals surface area contributed by atoms with Crippen molar-refractivity contribution in [1.29, 1.82) is 0 Å². The zero-order valence-corrected chi connectivity index (χ0v) is 20.8. The van der Waals surface area contributed by atoms with Gasteiger partial charge in [0.1, 0.15) is 12.4 Å². The molecule has 184 valence electrons. The van der Waals surface area contributed by atoms with Crippen LogP contribution < -0.4 is 16.0 Å². The molecule has 1 aromatic carbocycles. The number of hydrogen-bond acceptors (Lipinski definition) is 5. The Balaban J connectivity index is 1.90. The number of carbonyl (C=O) groups is 2. The fourth-order valence-corrected chi connectivity index (χ4v) is 3.92. The van der Waals surface area contributed by atoms with Crippen molar-refractivity contribution in [1.82, 2.24) is 15.3 Å². The lowest BCUT2D eigenvalue weighted by molar-refractivity contribution is 0.0945. The molecule has 0 aliphatic rings. The van der Waals surface area contributed by atoms with E-state index < -0.39 is 18.5 Å². The van der Waals surface area contributed by atoms with Crippen molar-refractivity contribution in [3.8, 4) is 23.5 Å². The highest BCUT2D eigenvalue weighted by atomic mass is 35.5. The summed E-state index contributed by atoms with van der Waals surface area (Å²) in [7, 11) is 0. The molecule has 2 amide bonds. The highest BCUT2D eigenvalue weighted by Crippen LogP contribution is 2.36. The average Bonchev–Trinajstić information content (AvgIpc) is 2.86. The van der Waals surface area contributed by atoms with Crippen LogP contribution in [0, 0.1) is 19.3 Å². The van der Waals surface area contributed by atoms with Crippen LogP contribution in [0.1, 0.15) is 32.0 Å². The Morgan fingerprint density at radius 2 is 1.94 bits per heavy atom. The third-order valence-electron chi connectivity index (χ3n) is 5.06. The number of anilines is 2. The number of halogens is 3. The van der Waals surface area contributed by atoms with Gasteiger partial charge >= 0.3 is 0 Å². The smallest absolute Gasteiger partial charge is 0.271 e. The Bertz CT molecular complexity index is 1370. The van der Waals surface area contributed by atoms with E-state index in [1.54, 1.807) is 30.6 Å². The van der Waals surface area contributed by atoms with Gasteiger partial charge < -0.3 is 16.0 Å². The number of carbonyl (C=O) groups excluding carboxylic acids is 2. The number of benzene rings is 1. The van der Waals surface area contributed by atoms with Gasteiger partial charge in [-0.1, -0.05) is 35.2 Å². The lowest BCUT2D eigenvalue weighted by Crippen LogP contribution is -2.26. The molecule has 0 saturated carbocycles. The maximum absolute atomic E-state index is 13.0. The van der Waals surface area contributed by atoms with Crippen molar-refractivity contribution >= 4 is 46.4 Å². The second-order valence-corrected chi connectivity index (χ2v) is 8.34. The summed E-state index contributed by atoms with van der Waals surface area (Å²) in [6, 6.07) is 4.70. The van der Waals surface area contributed by atoms with Crippen LogP contribution in [0.15, 0.2) is 49.4 Å². The number of nitrogens with zero attached hydrogens (tertiary/aromatic N) is 2. The van der Waals surface area contributed by atoms with Crippen molar-refractivity contribution in [2.45, 2.75) is 6.92 Å². The number of aromatic nitrogens is 2. The summed E-state index contributed by atoms with van der Waals surface area (Å²) in [5, 5.41) is 8.43. The number of alkyl halides is 1. The molecule has 0 spiro atoms. The third kappa shape index (κ3) is 6.00. The van der Waals surface area contributed by atoms with E-state index in [4.69, 9.17) is 29.6 Å². The molecule has 2 heterocycles. The molecule has 0 fully saturated rings. The third-order valence-corrected chi connectivity index (χ3v) is 5.66. The molecule has 3 N–H and O–H groups in total. The largest absolute Gasteiger partial charge is 0.380 e. The Morgan fingerprint density at radius 1 is 1.17 bits per heavy atom. The fraction of sp³-hybridized carbons (Fsp3) is 0.154. The number of hydrogen-bond donors (Lipinski definition) is 3. The van der Waals surface area contributed by atoms with Gasteiger partial charge in [0.05, 0.1) is 44.9 Å². The summed E-state index contributed by atoms with van der Waals surface area (Å²) >= 11 is 12.7. The number of amides is 2. The van der Waals surface area contributed by atoms with E-state index in [1.165, 1.54) is 12.3 Å². The predicted octanol–water partition coefficient (Wildman–Crippen LogP) is 5.29. The van der Waals surface area contributed by atoms with E-state index in [1.807, 2.05) is 6.92 Å². The number of aryl methyl sites for hydroxylation is 1. The normalized spacial score (nSPS) is 10.3. The SMILES string of the molecule is C#Cc1cncc(NCC=C)c1-c1cc(Cl)c(C(=O)Nc2cnc(C(=O)NCCF)c(Cl)c2)cc1C. The van der Waals surface area contributed by atoms with E-state index in [-0.39, 0.29) is 33.5 Å². The van der Waals surface area contributed by atoms with Crippen molar-refractivity contribution in [2.24, 2.45) is 0 Å². The molecule has 0 saturated heterocycles. The van der Waals surface area contributed by atoms with Gasteiger partial charge in [-0.15, -0.1) is 13.0 Å². The topological polar surface area (TPSA) is 96.0 Å². The molecule has 0 unspecified atom stereocenters. The molecule has 36 heavy (non-hydrogen) atoms. The van der Waals surface area contributed by atoms with Crippen LogP contribution in [-0.4, -0.2) is 41.5 Å². The maximum Gasteiger partial charge on any atom is 0.271 e. The van der Waals surface area contributed by atoms with Crippen LogP contribution in [0.2, 0.25) is 10.0 Å². The Hall–Kier alpha value is -3.93. The van der Waals surface area contributed by atoms with Crippen LogP contribution in [0.5, 0.6) is 0 Å². The molecule has 3 aromatic rings.